The molecular formula is C23H36GeN+. The molecule has 136 valence electrons. The summed E-state index contributed by atoms with van der Waals surface area (Å²) in [5, 5.41) is 0. The van der Waals surface area contributed by atoms with Gasteiger partial charge in [-0.3, -0.25) is 0 Å². The molecule has 1 heterocycles. The fourth-order valence-electron chi connectivity index (χ4n) is 3.47. The van der Waals surface area contributed by atoms with Gasteiger partial charge in [-0.1, -0.05) is 0 Å². The topological polar surface area (TPSA) is 3.88 Å². The van der Waals surface area contributed by atoms with Crippen molar-refractivity contribution >= 4 is 17.7 Å². The summed E-state index contributed by atoms with van der Waals surface area (Å²) in [5.41, 5.74) is 7.16. The van der Waals surface area contributed by atoms with Crippen LogP contribution in [0.2, 0.25) is 17.3 Å². The van der Waals surface area contributed by atoms with Crippen LogP contribution in [0.5, 0.6) is 0 Å². The van der Waals surface area contributed by atoms with E-state index < -0.39 is 13.3 Å². The van der Waals surface area contributed by atoms with E-state index in [4.69, 9.17) is 0 Å². The summed E-state index contributed by atoms with van der Waals surface area (Å²) in [6.45, 7) is 13.8. The Bertz CT molecular complexity index is 774. The van der Waals surface area contributed by atoms with Crippen molar-refractivity contribution in [3.8, 4) is 11.3 Å². The molecule has 25 heavy (non-hydrogen) atoms. The van der Waals surface area contributed by atoms with Crippen LogP contribution in [0.3, 0.4) is 0 Å². The molecule has 0 saturated carbocycles. The molecule has 2 heteroatoms. The predicted octanol–water partition coefficient (Wildman–Crippen LogP) is 5.45. The van der Waals surface area contributed by atoms with Crippen molar-refractivity contribution in [3.63, 3.8) is 0 Å². The van der Waals surface area contributed by atoms with Gasteiger partial charge in [-0.05, 0) is 0 Å². The predicted molar refractivity (Wildman–Crippen MR) is 114 cm³/mol. The maximum absolute atomic E-state index is 2.49. The summed E-state index contributed by atoms with van der Waals surface area (Å²) in [4.78, 5) is 0. The molecular weight excluding hydrogens is 363 g/mol. The van der Waals surface area contributed by atoms with Gasteiger partial charge in [-0.15, -0.1) is 0 Å². The zero-order valence-electron chi connectivity index (χ0n) is 17.9. The number of aryl methyl sites for hydroxylation is 2. The van der Waals surface area contributed by atoms with Gasteiger partial charge in [0, 0.05) is 0 Å². The van der Waals surface area contributed by atoms with Gasteiger partial charge in [0.05, 0.1) is 0 Å². The van der Waals surface area contributed by atoms with Gasteiger partial charge in [0.25, 0.3) is 0 Å². The molecule has 0 amide bonds. The molecule has 0 unspecified atom stereocenters. The van der Waals surface area contributed by atoms with Crippen molar-refractivity contribution in [1.82, 2.24) is 0 Å². The number of pyridine rings is 1. The Morgan fingerprint density at radius 1 is 1.00 bits per heavy atom. The third-order valence-electron chi connectivity index (χ3n) is 5.08. The fraction of sp³-hybridized carbons (Fsp3) is 0.522. The van der Waals surface area contributed by atoms with E-state index in [0.29, 0.717) is 5.92 Å². The summed E-state index contributed by atoms with van der Waals surface area (Å²) in [6, 6.07) is 9.42. The monoisotopic (exact) mass is 400 g/mol. The molecule has 1 nitrogen and oxygen atoms in total. The minimum atomic E-state index is -1.94. The van der Waals surface area contributed by atoms with Gasteiger partial charge in [-0.25, -0.2) is 0 Å². The maximum atomic E-state index is 2.49. The van der Waals surface area contributed by atoms with E-state index in [0.717, 1.165) is 0 Å². The number of benzene rings is 1. The molecule has 1 aromatic heterocycles. The molecule has 0 atom stereocenters. The molecule has 0 aliphatic carbocycles. The average molecular weight is 399 g/mol. The van der Waals surface area contributed by atoms with E-state index in [1.807, 2.05) is 0 Å². The number of rotatable bonds is 3. The van der Waals surface area contributed by atoms with Gasteiger partial charge >= 0.3 is 158 Å². The fourth-order valence-corrected chi connectivity index (χ4v) is 7.32. The van der Waals surface area contributed by atoms with Gasteiger partial charge < -0.3 is 0 Å². The standard InChI is InChI=1S/C23H36GeN/c1-16(2)18-11-12-19(17(3)13-18)22-14-20(23(4,5)6)21(15-25(22)10)24(7,8)9/h11-16H,1-10H3/q+1. The van der Waals surface area contributed by atoms with E-state index in [2.05, 4.69) is 101 Å². The first-order chi connectivity index (χ1) is 11.3. The van der Waals surface area contributed by atoms with Crippen LogP contribution in [0, 0.1) is 6.92 Å². The van der Waals surface area contributed by atoms with Crippen LogP contribution in [0.4, 0.5) is 0 Å². The Morgan fingerprint density at radius 2 is 1.60 bits per heavy atom. The Hall–Kier alpha value is -1.09. The van der Waals surface area contributed by atoms with Crippen molar-refractivity contribution in [2.75, 3.05) is 0 Å². The Kier molecular flexibility index (Phi) is 5.59. The molecule has 0 spiro atoms. The summed E-state index contributed by atoms with van der Waals surface area (Å²) in [6.07, 6.45) is 2.42. The van der Waals surface area contributed by atoms with Crippen LogP contribution >= 0.6 is 0 Å². The average Bonchev–Trinajstić information content (AvgIpc) is 2.45. The molecule has 0 bridgehead atoms. The first-order valence-corrected chi connectivity index (χ1v) is 16.8. The van der Waals surface area contributed by atoms with E-state index in [9.17, 15) is 0 Å². The van der Waals surface area contributed by atoms with Crippen molar-refractivity contribution in [2.45, 2.75) is 70.1 Å². The SMILES string of the molecule is Cc1cc(C(C)C)ccc1-c1cc(C(C)(C)C)[c]([Ge]([CH3])([CH3])[CH3])c[n+]1C. The molecule has 0 radical (unpaired) electrons. The second kappa shape index (κ2) is 6.91. The molecule has 2 rings (SSSR count). The summed E-state index contributed by atoms with van der Waals surface area (Å²) in [7, 11) is 2.20. The third-order valence-corrected chi connectivity index (χ3v) is 9.31. The van der Waals surface area contributed by atoms with Crippen LogP contribution in [-0.4, -0.2) is 13.3 Å². The number of hydrogen-bond donors (Lipinski definition) is 0. The number of aromatic nitrogens is 1. The minimum absolute atomic E-state index is 0.169. The van der Waals surface area contributed by atoms with E-state index in [1.54, 1.807) is 4.40 Å². The summed E-state index contributed by atoms with van der Waals surface area (Å²) < 4.78 is 3.97. The Balaban J connectivity index is 2.72. The second-order valence-corrected chi connectivity index (χ2v) is 20.4. The molecule has 1 aromatic carbocycles. The number of nitrogens with zero attached hydrogens (tertiary/aromatic N) is 1. The first kappa shape index (κ1) is 20.2. The summed E-state index contributed by atoms with van der Waals surface area (Å²) >= 11 is -1.94. The quantitative estimate of drug-likeness (QED) is 0.477. The van der Waals surface area contributed by atoms with Crippen molar-refractivity contribution < 1.29 is 4.57 Å². The molecule has 2 aromatic rings. The van der Waals surface area contributed by atoms with Crippen LogP contribution in [0.25, 0.3) is 11.3 Å². The second-order valence-electron chi connectivity index (χ2n) is 9.83. The first-order valence-electron chi connectivity index (χ1n) is 9.48. The molecule has 0 N–H and O–H groups in total. The Labute approximate surface area is 157 Å². The molecule has 0 fully saturated rings. The van der Waals surface area contributed by atoms with Crippen molar-refractivity contribution in [3.05, 3.63) is 47.2 Å². The summed E-state index contributed by atoms with van der Waals surface area (Å²) in [5.74, 6) is 8.05. The van der Waals surface area contributed by atoms with Crippen LogP contribution in [-0.2, 0) is 12.5 Å². The zero-order chi connectivity index (χ0) is 19.2. The van der Waals surface area contributed by atoms with Gasteiger partial charge in [0.2, 0.25) is 0 Å². The van der Waals surface area contributed by atoms with Crippen LogP contribution in [0.1, 0.15) is 57.2 Å². The van der Waals surface area contributed by atoms with Crippen molar-refractivity contribution in [2.24, 2.45) is 7.05 Å². The van der Waals surface area contributed by atoms with E-state index in [-0.39, 0.29) is 5.41 Å². The van der Waals surface area contributed by atoms with E-state index >= 15 is 0 Å². The Morgan fingerprint density at radius 3 is 2.04 bits per heavy atom. The van der Waals surface area contributed by atoms with Crippen LogP contribution in [0.15, 0.2) is 30.5 Å². The van der Waals surface area contributed by atoms with Gasteiger partial charge in [0.15, 0.2) is 0 Å². The van der Waals surface area contributed by atoms with E-state index in [1.165, 1.54) is 27.9 Å². The normalized spacial score (nSPS) is 12.8. The van der Waals surface area contributed by atoms with Gasteiger partial charge in [-0.2, -0.15) is 0 Å². The van der Waals surface area contributed by atoms with Crippen molar-refractivity contribution in [1.29, 1.82) is 0 Å². The zero-order valence-corrected chi connectivity index (χ0v) is 20.0. The molecule has 0 saturated heterocycles. The molecule has 0 aliphatic rings. The molecule has 0 aliphatic heterocycles. The van der Waals surface area contributed by atoms with Crippen LogP contribution < -0.4 is 8.96 Å². The third kappa shape index (κ3) is 4.37. The van der Waals surface area contributed by atoms with Gasteiger partial charge in [0.1, 0.15) is 0 Å². The number of hydrogen-bond acceptors (Lipinski definition) is 0.